The van der Waals surface area contributed by atoms with Crippen LogP contribution in [0, 0.1) is 0 Å². The maximum absolute atomic E-state index is 11.9. The van der Waals surface area contributed by atoms with Gasteiger partial charge in [-0.15, -0.1) is 0 Å². The quantitative estimate of drug-likeness (QED) is 0.772. The molecule has 0 fully saturated rings. The van der Waals surface area contributed by atoms with Gasteiger partial charge in [-0.1, -0.05) is 37.3 Å². The van der Waals surface area contributed by atoms with Gasteiger partial charge in [0.1, 0.15) is 0 Å². The molecule has 2 aromatic carbocycles. The Hall–Kier alpha value is -2.18. The molecule has 0 spiro atoms. The Morgan fingerprint density at radius 2 is 1.67 bits per heavy atom. The number of rotatable bonds is 8. The van der Waals surface area contributed by atoms with E-state index >= 15 is 0 Å². The predicted molar refractivity (Wildman–Crippen MR) is 95.3 cm³/mol. The fraction of sp³-hybridized carbons (Fsp3) is 0.278. The van der Waals surface area contributed by atoms with Gasteiger partial charge in [0, 0.05) is 18.7 Å². The van der Waals surface area contributed by atoms with Crippen LogP contribution in [0.3, 0.4) is 0 Å². The molecule has 0 aliphatic carbocycles. The van der Waals surface area contributed by atoms with Crippen molar-refractivity contribution >= 4 is 21.6 Å². The zero-order valence-corrected chi connectivity index (χ0v) is 14.5. The minimum absolute atomic E-state index is 0.0757. The molecule has 0 aromatic heterocycles. The molecular weight excluding hydrogens is 324 g/mol. The van der Waals surface area contributed by atoms with Crippen LogP contribution in [0.2, 0.25) is 0 Å². The van der Waals surface area contributed by atoms with Gasteiger partial charge in [0.15, 0.2) is 0 Å². The van der Waals surface area contributed by atoms with E-state index in [1.807, 2.05) is 30.3 Å². The lowest BCUT2D eigenvalue weighted by molar-refractivity contribution is -0.116. The van der Waals surface area contributed by atoms with Gasteiger partial charge in [-0.3, -0.25) is 4.79 Å². The van der Waals surface area contributed by atoms with Gasteiger partial charge in [0.2, 0.25) is 15.9 Å². The summed E-state index contributed by atoms with van der Waals surface area (Å²) < 4.78 is 26.1. The van der Waals surface area contributed by atoms with E-state index < -0.39 is 10.0 Å². The first-order valence-electron chi connectivity index (χ1n) is 7.95. The summed E-state index contributed by atoms with van der Waals surface area (Å²) in [5, 5.41) is 2.78. The van der Waals surface area contributed by atoms with Crippen LogP contribution in [0.15, 0.2) is 59.5 Å². The number of aryl methyl sites for hydroxylation is 1. The molecular formula is C18H22N2O3S. The third kappa shape index (κ3) is 5.47. The lowest BCUT2D eigenvalue weighted by Gasteiger charge is -2.08. The van der Waals surface area contributed by atoms with Crippen molar-refractivity contribution < 1.29 is 13.2 Å². The van der Waals surface area contributed by atoms with Crippen molar-refractivity contribution in [2.24, 2.45) is 0 Å². The molecule has 1 amide bonds. The number of anilines is 1. The molecule has 2 aromatic rings. The third-order valence-electron chi connectivity index (χ3n) is 3.49. The minimum atomic E-state index is -3.46. The second-order valence-corrected chi connectivity index (χ2v) is 7.18. The van der Waals surface area contributed by atoms with Crippen molar-refractivity contribution in [3.8, 4) is 0 Å². The second kappa shape index (κ2) is 8.61. The van der Waals surface area contributed by atoms with E-state index in [2.05, 4.69) is 10.0 Å². The van der Waals surface area contributed by atoms with Gasteiger partial charge in [-0.25, -0.2) is 13.1 Å². The SMILES string of the molecule is CCNS(=O)(=O)c1ccc(NC(=O)CCCc2ccccc2)cc1. The normalized spacial score (nSPS) is 11.2. The van der Waals surface area contributed by atoms with Crippen molar-refractivity contribution in [1.29, 1.82) is 0 Å². The van der Waals surface area contributed by atoms with E-state index in [9.17, 15) is 13.2 Å². The Morgan fingerprint density at radius 1 is 1.00 bits per heavy atom. The van der Waals surface area contributed by atoms with Crippen LogP contribution < -0.4 is 10.0 Å². The van der Waals surface area contributed by atoms with E-state index in [-0.39, 0.29) is 10.8 Å². The molecule has 5 nitrogen and oxygen atoms in total. The highest BCUT2D eigenvalue weighted by atomic mass is 32.2. The first kappa shape index (κ1) is 18.2. The number of carbonyl (C=O) groups is 1. The molecule has 0 saturated heterocycles. The van der Waals surface area contributed by atoms with E-state index in [0.717, 1.165) is 12.8 Å². The highest BCUT2D eigenvalue weighted by Gasteiger charge is 2.12. The second-order valence-electron chi connectivity index (χ2n) is 5.41. The van der Waals surface area contributed by atoms with Crippen LogP contribution in [0.5, 0.6) is 0 Å². The minimum Gasteiger partial charge on any atom is -0.326 e. The van der Waals surface area contributed by atoms with E-state index in [1.165, 1.54) is 17.7 Å². The Bertz CT molecular complexity index is 757. The van der Waals surface area contributed by atoms with Crippen molar-refractivity contribution in [2.75, 3.05) is 11.9 Å². The van der Waals surface area contributed by atoms with Crippen molar-refractivity contribution in [1.82, 2.24) is 4.72 Å². The molecule has 0 atom stereocenters. The topological polar surface area (TPSA) is 75.3 Å². The molecule has 0 aliphatic heterocycles. The van der Waals surface area contributed by atoms with Gasteiger partial charge in [0.05, 0.1) is 4.90 Å². The van der Waals surface area contributed by atoms with Crippen LogP contribution in [0.4, 0.5) is 5.69 Å². The molecule has 2 N–H and O–H groups in total. The zero-order chi connectivity index (χ0) is 17.4. The first-order chi connectivity index (χ1) is 11.5. The maximum Gasteiger partial charge on any atom is 0.240 e. The van der Waals surface area contributed by atoms with Crippen LogP contribution in [-0.4, -0.2) is 20.9 Å². The monoisotopic (exact) mass is 346 g/mol. The van der Waals surface area contributed by atoms with Crippen LogP contribution in [-0.2, 0) is 21.2 Å². The number of hydrogen-bond acceptors (Lipinski definition) is 3. The molecule has 24 heavy (non-hydrogen) atoms. The van der Waals surface area contributed by atoms with Crippen LogP contribution in [0.25, 0.3) is 0 Å². The molecule has 0 unspecified atom stereocenters. The molecule has 2 rings (SSSR count). The van der Waals surface area contributed by atoms with Gasteiger partial charge in [-0.2, -0.15) is 0 Å². The summed E-state index contributed by atoms with van der Waals surface area (Å²) in [6, 6.07) is 16.2. The Morgan fingerprint density at radius 3 is 2.29 bits per heavy atom. The number of sulfonamides is 1. The highest BCUT2D eigenvalue weighted by Crippen LogP contribution is 2.14. The fourth-order valence-corrected chi connectivity index (χ4v) is 3.35. The maximum atomic E-state index is 11.9. The number of hydrogen-bond donors (Lipinski definition) is 2. The zero-order valence-electron chi connectivity index (χ0n) is 13.7. The summed E-state index contributed by atoms with van der Waals surface area (Å²) in [7, 11) is -3.46. The number of nitrogens with one attached hydrogen (secondary N) is 2. The molecule has 6 heteroatoms. The number of carbonyl (C=O) groups excluding carboxylic acids is 1. The summed E-state index contributed by atoms with van der Waals surface area (Å²) in [4.78, 5) is 12.1. The lowest BCUT2D eigenvalue weighted by Crippen LogP contribution is -2.23. The van der Waals surface area contributed by atoms with E-state index in [1.54, 1.807) is 19.1 Å². The van der Waals surface area contributed by atoms with E-state index in [0.29, 0.717) is 18.7 Å². The van der Waals surface area contributed by atoms with Crippen LogP contribution >= 0.6 is 0 Å². The molecule has 0 radical (unpaired) electrons. The lowest BCUT2D eigenvalue weighted by atomic mass is 10.1. The first-order valence-corrected chi connectivity index (χ1v) is 9.43. The van der Waals surface area contributed by atoms with Gasteiger partial charge >= 0.3 is 0 Å². The Balaban J connectivity index is 1.84. The van der Waals surface area contributed by atoms with Crippen LogP contribution in [0.1, 0.15) is 25.3 Å². The number of amides is 1. The van der Waals surface area contributed by atoms with Gasteiger partial charge in [-0.05, 0) is 42.7 Å². The Labute approximate surface area is 143 Å². The fourth-order valence-electron chi connectivity index (χ4n) is 2.31. The largest absolute Gasteiger partial charge is 0.326 e. The average Bonchev–Trinajstić information content (AvgIpc) is 2.56. The average molecular weight is 346 g/mol. The van der Waals surface area contributed by atoms with Gasteiger partial charge in [0.25, 0.3) is 0 Å². The predicted octanol–water partition coefficient (Wildman–Crippen LogP) is 2.95. The highest BCUT2D eigenvalue weighted by molar-refractivity contribution is 7.89. The van der Waals surface area contributed by atoms with Gasteiger partial charge < -0.3 is 5.32 Å². The molecule has 0 saturated carbocycles. The number of benzene rings is 2. The summed E-state index contributed by atoms with van der Waals surface area (Å²) in [5.74, 6) is -0.0757. The summed E-state index contributed by atoms with van der Waals surface area (Å²) >= 11 is 0. The van der Waals surface area contributed by atoms with Crippen molar-refractivity contribution in [2.45, 2.75) is 31.1 Å². The van der Waals surface area contributed by atoms with E-state index in [4.69, 9.17) is 0 Å². The molecule has 0 bridgehead atoms. The molecule has 0 aliphatic rings. The van der Waals surface area contributed by atoms with Crippen molar-refractivity contribution in [3.05, 3.63) is 60.2 Å². The summed E-state index contributed by atoms with van der Waals surface area (Å²) in [6.07, 6.45) is 2.04. The molecule has 128 valence electrons. The molecule has 0 heterocycles. The Kier molecular flexibility index (Phi) is 6.52. The summed E-state index contributed by atoms with van der Waals surface area (Å²) in [5.41, 5.74) is 1.80. The standard InChI is InChI=1S/C18H22N2O3S/c1-2-19-24(22,23)17-13-11-16(12-14-17)20-18(21)10-6-9-15-7-4-3-5-8-15/h3-5,7-8,11-14,19H,2,6,9-10H2,1H3,(H,20,21). The third-order valence-corrected chi connectivity index (χ3v) is 5.06. The smallest absolute Gasteiger partial charge is 0.240 e. The summed E-state index contributed by atoms with van der Waals surface area (Å²) in [6.45, 7) is 2.06. The van der Waals surface area contributed by atoms with Crippen molar-refractivity contribution in [3.63, 3.8) is 0 Å².